The van der Waals surface area contributed by atoms with E-state index in [2.05, 4.69) is 15.9 Å². The van der Waals surface area contributed by atoms with Crippen molar-refractivity contribution in [2.45, 2.75) is 32.1 Å². The molecular weight excluding hydrogens is 287 g/mol. The van der Waals surface area contributed by atoms with E-state index >= 15 is 0 Å². The molecule has 0 unspecified atom stereocenters. The summed E-state index contributed by atoms with van der Waals surface area (Å²) in [6, 6.07) is 5.39. The van der Waals surface area contributed by atoms with E-state index in [9.17, 15) is 4.79 Å². The first-order chi connectivity index (χ1) is 7.68. The fourth-order valence-electron chi connectivity index (χ4n) is 2.27. The van der Waals surface area contributed by atoms with Gasteiger partial charge >= 0.3 is 0 Å². The second kappa shape index (κ2) is 5.33. The van der Waals surface area contributed by atoms with Crippen LogP contribution in [0.1, 0.15) is 42.5 Å². The summed E-state index contributed by atoms with van der Waals surface area (Å²) in [5.74, 6) is 0.481. The second-order valence-electron chi connectivity index (χ2n) is 4.32. The van der Waals surface area contributed by atoms with Crippen LogP contribution in [0.5, 0.6) is 0 Å². The molecule has 0 aliphatic heterocycles. The van der Waals surface area contributed by atoms with Gasteiger partial charge in [-0.25, -0.2) is 0 Å². The van der Waals surface area contributed by atoms with Gasteiger partial charge in [0.2, 0.25) is 0 Å². The van der Waals surface area contributed by atoms with Gasteiger partial charge < -0.3 is 0 Å². The van der Waals surface area contributed by atoms with Gasteiger partial charge in [0, 0.05) is 21.0 Å². The van der Waals surface area contributed by atoms with Crippen LogP contribution in [0.15, 0.2) is 22.7 Å². The number of carbonyl (C=O) groups is 1. The van der Waals surface area contributed by atoms with Crippen LogP contribution in [0, 0.1) is 5.92 Å². The molecule has 0 spiro atoms. The molecular formula is C13H14BrClO. The zero-order valence-corrected chi connectivity index (χ0v) is 11.4. The summed E-state index contributed by atoms with van der Waals surface area (Å²) in [6.07, 6.45) is 5.70. The van der Waals surface area contributed by atoms with Gasteiger partial charge in [0.1, 0.15) is 0 Å². The maximum absolute atomic E-state index is 12.3. The van der Waals surface area contributed by atoms with Crippen LogP contribution in [0.3, 0.4) is 0 Å². The molecule has 1 aromatic carbocycles. The molecule has 1 nitrogen and oxygen atoms in total. The molecule has 1 aromatic rings. The molecule has 1 aliphatic carbocycles. The maximum Gasteiger partial charge on any atom is 0.167 e. The highest BCUT2D eigenvalue weighted by Gasteiger charge is 2.23. The van der Waals surface area contributed by atoms with E-state index in [0.29, 0.717) is 5.02 Å². The molecule has 0 saturated heterocycles. The minimum absolute atomic E-state index is 0.214. The number of Topliss-reactive ketones (excluding diaryl/α,β-unsaturated/α-hetero) is 1. The van der Waals surface area contributed by atoms with Crippen molar-refractivity contribution in [1.82, 2.24) is 0 Å². The summed E-state index contributed by atoms with van der Waals surface area (Å²) in [6.45, 7) is 0. The summed E-state index contributed by atoms with van der Waals surface area (Å²) >= 11 is 9.28. The molecule has 0 bridgehead atoms. The van der Waals surface area contributed by atoms with Crippen LogP contribution in [0.4, 0.5) is 0 Å². The van der Waals surface area contributed by atoms with Gasteiger partial charge in [0.05, 0.1) is 0 Å². The van der Waals surface area contributed by atoms with Gasteiger partial charge in [0.25, 0.3) is 0 Å². The second-order valence-corrected chi connectivity index (χ2v) is 5.61. The van der Waals surface area contributed by atoms with E-state index in [1.807, 2.05) is 6.07 Å². The fraction of sp³-hybridized carbons (Fsp3) is 0.462. The Morgan fingerprint density at radius 1 is 1.25 bits per heavy atom. The Morgan fingerprint density at radius 3 is 2.56 bits per heavy atom. The van der Waals surface area contributed by atoms with Crippen molar-refractivity contribution in [3.63, 3.8) is 0 Å². The van der Waals surface area contributed by atoms with Crippen molar-refractivity contribution in [3.05, 3.63) is 33.3 Å². The molecule has 0 atom stereocenters. The zero-order valence-electron chi connectivity index (χ0n) is 9.01. The van der Waals surface area contributed by atoms with E-state index in [1.54, 1.807) is 12.1 Å². The number of hydrogen-bond donors (Lipinski definition) is 0. The van der Waals surface area contributed by atoms with Gasteiger partial charge in [-0.05, 0) is 47.0 Å². The molecule has 16 heavy (non-hydrogen) atoms. The first-order valence-corrected chi connectivity index (χ1v) is 6.85. The van der Waals surface area contributed by atoms with Gasteiger partial charge in [-0.3, -0.25) is 4.79 Å². The predicted molar refractivity (Wildman–Crippen MR) is 70.1 cm³/mol. The third-order valence-electron chi connectivity index (χ3n) is 3.17. The monoisotopic (exact) mass is 300 g/mol. The first kappa shape index (κ1) is 12.1. The van der Waals surface area contributed by atoms with Crippen LogP contribution >= 0.6 is 27.5 Å². The van der Waals surface area contributed by atoms with Crippen LogP contribution in [0.25, 0.3) is 0 Å². The molecule has 0 amide bonds. The highest BCUT2D eigenvalue weighted by Crippen LogP contribution is 2.30. The molecule has 1 fully saturated rings. The summed E-state index contributed by atoms with van der Waals surface area (Å²) in [5.41, 5.74) is 0.774. The van der Waals surface area contributed by atoms with Crippen molar-refractivity contribution >= 4 is 33.3 Å². The van der Waals surface area contributed by atoms with E-state index in [4.69, 9.17) is 11.6 Å². The summed E-state index contributed by atoms with van der Waals surface area (Å²) in [4.78, 5) is 12.3. The number of hydrogen-bond acceptors (Lipinski definition) is 1. The third-order valence-corrected chi connectivity index (χ3v) is 4.06. The topological polar surface area (TPSA) is 17.1 Å². The number of benzene rings is 1. The molecule has 0 heterocycles. The highest BCUT2D eigenvalue weighted by atomic mass is 79.9. The maximum atomic E-state index is 12.3. The van der Waals surface area contributed by atoms with Crippen molar-refractivity contribution in [2.24, 2.45) is 5.92 Å². The smallest absolute Gasteiger partial charge is 0.167 e. The quantitative estimate of drug-likeness (QED) is 0.713. The lowest BCUT2D eigenvalue weighted by molar-refractivity contribution is 0.0889. The summed E-state index contributed by atoms with van der Waals surface area (Å²) in [5, 5.41) is 0.659. The van der Waals surface area contributed by atoms with Crippen LogP contribution in [-0.4, -0.2) is 5.78 Å². The van der Waals surface area contributed by atoms with E-state index < -0.39 is 0 Å². The van der Waals surface area contributed by atoms with Crippen molar-refractivity contribution < 1.29 is 4.79 Å². The van der Waals surface area contributed by atoms with Gasteiger partial charge in [-0.2, -0.15) is 0 Å². The summed E-state index contributed by atoms with van der Waals surface area (Å²) in [7, 11) is 0. The minimum atomic E-state index is 0.214. The highest BCUT2D eigenvalue weighted by molar-refractivity contribution is 9.10. The lowest BCUT2D eigenvalue weighted by Gasteiger charge is -2.20. The fourth-order valence-corrected chi connectivity index (χ4v) is 3.15. The average molecular weight is 302 g/mol. The zero-order chi connectivity index (χ0) is 11.5. The number of carbonyl (C=O) groups excluding carboxylic acids is 1. The van der Waals surface area contributed by atoms with Crippen molar-refractivity contribution in [2.75, 3.05) is 0 Å². The normalized spacial score (nSPS) is 17.4. The molecule has 1 aliphatic rings. The number of rotatable bonds is 2. The van der Waals surface area contributed by atoms with Crippen LogP contribution in [-0.2, 0) is 0 Å². The minimum Gasteiger partial charge on any atom is -0.294 e. The molecule has 3 heteroatoms. The molecule has 0 aromatic heterocycles. The first-order valence-electron chi connectivity index (χ1n) is 5.68. The molecule has 0 N–H and O–H groups in total. The number of halogens is 2. The number of ketones is 1. The van der Waals surface area contributed by atoms with E-state index in [-0.39, 0.29) is 11.7 Å². The lowest BCUT2D eigenvalue weighted by Crippen LogP contribution is -2.18. The van der Waals surface area contributed by atoms with Gasteiger partial charge in [-0.15, -0.1) is 0 Å². The Balaban J connectivity index is 2.19. The van der Waals surface area contributed by atoms with Gasteiger partial charge in [0.15, 0.2) is 5.78 Å². The molecule has 86 valence electrons. The Bertz CT molecular complexity index is 397. The largest absolute Gasteiger partial charge is 0.294 e. The Hall–Kier alpha value is -0.340. The van der Waals surface area contributed by atoms with Crippen LogP contribution < -0.4 is 0 Å². The van der Waals surface area contributed by atoms with Crippen molar-refractivity contribution in [3.8, 4) is 0 Å². The van der Waals surface area contributed by atoms with Crippen LogP contribution in [0.2, 0.25) is 5.02 Å². The lowest BCUT2D eigenvalue weighted by atomic mass is 9.84. The molecule has 1 saturated carbocycles. The van der Waals surface area contributed by atoms with Gasteiger partial charge in [-0.1, -0.05) is 30.9 Å². The Kier molecular flexibility index (Phi) is 4.04. The van der Waals surface area contributed by atoms with E-state index in [0.717, 1.165) is 22.9 Å². The standard InChI is InChI=1S/C13H14BrClO/c14-12-8-10(15)6-7-11(12)13(16)9-4-2-1-3-5-9/h6-9H,1-5H2. The van der Waals surface area contributed by atoms with E-state index in [1.165, 1.54) is 19.3 Å². The van der Waals surface area contributed by atoms with Crippen molar-refractivity contribution in [1.29, 1.82) is 0 Å². The predicted octanol–water partition coefficient (Wildman–Crippen LogP) is 4.87. The molecule has 0 radical (unpaired) electrons. The molecule has 2 rings (SSSR count). The third kappa shape index (κ3) is 2.67. The summed E-state index contributed by atoms with van der Waals surface area (Å²) < 4.78 is 0.815. The SMILES string of the molecule is O=C(c1ccc(Cl)cc1Br)C1CCCCC1. The Morgan fingerprint density at radius 2 is 1.94 bits per heavy atom. The Labute approximate surface area is 109 Å². The average Bonchev–Trinajstić information content (AvgIpc) is 2.29.